The Morgan fingerprint density at radius 2 is 1.85 bits per heavy atom. The number of amides is 1. The third-order valence-electron chi connectivity index (χ3n) is 7.01. The van der Waals surface area contributed by atoms with Gasteiger partial charge in [-0.2, -0.15) is 0 Å². The van der Waals surface area contributed by atoms with Crippen LogP contribution in [-0.4, -0.2) is 61.1 Å². The number of ether oxygens (including phenoxy) is 1. The van der Waals surface area contributed by atoms with Crippen molar-refractivity contribution >= 4 is 5.91 Å². The van der Waals surface area contributed by atoms with Crippen LogP contribution < -0.4 is 5.32 Å². The number of benzene rings is 1. The van der Waals surface area contributed by atoms with Crippen molar-refractivity contribution in [1.82, 2.24) is 15.1 Å². The minimum Gasteiger partial charge on any atom is -0.455 e. The van der Waals surface area contributed by atoms with E-state index in [-0.39, 0.29) is 5.91 Å². The zero-order chi connectivity index (χ0) is 22.9. The fourth-order valence-corrected chi connectivity index (χ4v) is 4.97. The molecule has 1 amide bonds. The molecule has 0 spiro atoms. The zero-order valence-electron chi connectivity index (χ0n) is 20.1. The van der Waals surface area contributed by atoms with E-state index in [1.165, 1.54) is 43.2 Å². The SMILES string of the molecule is Cc1ccccc1CN(Cc1ccc(C(=O)NCCCN2CCOCC2)o1)C1CCCCC1. The summed E-state index contributed by atoms with van der Waals surface area (Å²) in [6.07, 6.45) is 7.35. The van der Waals surface area contributed by atoms with Crippen molar-refractivity contribution in [1.29, 1.82) is 0 Å². The molecule has 2 heterocycles. The first-order valence-electron chi connectivity index (χ1n) is 12.6. The number of carbonyl (C=O) groups is 1. The summed E-state index contributed by atoms with van der Waals surface area (Å²) in [5.41, 5.74) is 2.70. The van der Waals surface area contributed by atoms with Crippen molar-refractivity contribution in [2.24, 2.45) is 0 Å². The number of aryl methyl sites for hydroxylation is 1. The summed E-state index contributed by atoms with van der Waals surface area (Å²) in [5.74, 6) is 1.16. The molecule has 0 unspecified atom stereocenters. The molecule has 6 nitrogen and oxygen atoms in total. The van der Waals surface area contributed by atoms with E-state index in [0.29, 0.717) is 18.3 Å². The Kier molecular flexibility index (Phi) is 8.98. The van der Waals surface area contributed by atoms with Crippen molar-refractivity contribution in [3.05, 3.63) is 59.0 Å². The summed E-state index contributed by atoms with van der Waals surface area (Å²) in [4.78, 5) is 17.5. The standard InChI is InChI=1S/C27H39N3O3/c1-22-8-5-6-9-23(22)20-30(24-10-3-2-4-11-24)21-25-12-13-26(33-25)27(31)28-14-7-15-29-16-18-32-19-17-29/h5-6,8-9,12-13,24H,2-4,7,10-11,14-21H2,1H3,(H,28,31). The van der Waals surface area contributed by atoms with Crippen LogP contribution in [0.15, 0.2) is 40.8 Å². The normalized spacial score (nSPS) is 18.0. The molecular weight excluding hydrogens is 414 g/mol. The highest BCUT2D eigenvalue weighted by molar-refractivity contribution is 5.91. The van der Waals surface area contributed by atoms with E-state index in [9.17, 15) is 4.79 Å². The second-order valence-corrected chi connectivity index (χ2v) is 9.45. The van der Waals surface area contributed by atoms with Crippen LogP contribution in [0.3, 0.4) is 0 Å². The predicted octanol–water partition coefficient (Wildman–Crippen LogP) is 4.38. The fourth-order valence-electron chi connectivity index (χ4n) is 4.97. The summed E-state index contributed by atoms with van der Waals surface area (Å²) in [5, 5.41) is 3.01. The van der Waals surface area contributed by atoms with Gasteiger partial charge in [0.05, 0.1) is 19.8 Å². The Balaban J connectivity index is 1.31. The van der Waals surface area contributed by atoms with Gasteiger partial charge in [-0.05, 0) is 56.0 Å². The topological polar surface area (TPSA) is 58.0 Å². The Hall–Kier alpha value is -2.15. The second-order valence-electron chi connectivity index (χ2n) is 9.45. The zero-order valence-corrected chi connectivity index (χ0v) is 20.1. The molecule has 1 saturated heterocycles. The number of furan rings is 1. The van der Waals surface area contributed by atoms with Crippen LogP contribution in [0.4, 0.5) is 0 Å². The van der Waals surface area contributed by atoms with Gasteiger partial charge in [0.2, 0.25) is 0 Å². The minimum absolute atomic E-state index is 0.119. The lowest BCUT2D eigenvalue weighted by Gasteiger charge is -2.34. The Morgan fingerprint density at radius 3 is 2.64 bits per heavy atom. The largest absolute Gasteiger partial charge is 0.455 e. The van der Waals surface area contributed by atoms with Gasteiger partial charge >= 0.3 is 0 Å². The molecule has 6 heteroatoms. The van der Waals surface area contributed by atoms with Gasteiger partial charge in [0.15, 0.2) is 5.76 Å². The van der Waals surface area contributed by atoms with Crippen LogP contribution >= 0.6 is 0 Å². The van der Waals surface area contributed by atoms with Crippen LogP contribution in [0.2, 0.25) is 0 Å². The van der Waals surface area contributed by atoms with Crippen LogP contribution in [0, 0.1) is 6.92 Å². The van der Waals surface area contributed by atoms with Crippen molar-refractivity contribution < 1.29 is 13.9 Å². The minimum atomic E-state index is -0.119. The van der Waals surface area contributed by atoms with E-state index in [1.54, 1.807) is 0 Å². The number of hydrogen-bond acceptors (Lipinski definition) is 5. The van der Waals surface area contributed by atoms with Gasteiger partial charge in [-0.15, -0.1) is 0 Å². The quantitative estimate of drug-likeness (QED) is 0.541. The Labute approximate surface area is 198 Å². The number of morpholine rings is 1. The first-order valence-corrected chi connectivity index (χ1v) is 12.6. The number of nitrogens with zero attached hydrogens (tertiary/aromatic N) is 2. The molecule has 1 aromatic carbocycles. The number of carbonyl (C=O) groups excluding carboxylic acids is 1. The third-order valence-corrected chi connectivity index (χ3v) is 7.01. The van der Waals surface area contributed by atoms with Crippen molar-refractivity contribution in [3.63, 3.8) is 0 Å². The first-order chi connectivity index (χ1) is 16.2. The van der Waals surface area contributed by atoms with Gasteiger partial charge in [0.1, 0.15) is 5.76 Å². The summed E-state index contributed by atoms with van der Waals surface area (Å²) in [7, 11) is 0. The molecule has 1 aliphatic carbocycles. The molecule has 1 saturated carbocycles. The lowest BCUT2D eigenvalue weighted by molar-refractivity contribution is 0.0374. The first kappa shape index (κ1) is 24.0. The van der Waals surface area contributed by atoms with Gasteiger partial charge in [-0.25, -0.2) is 0 Å². The molecule has 2 fully saturated rings. The number of rotatable bonds is 10. The van der Waals surface area contributed by atoms with Gasteiger partial charge in [0, 0.05) is 32.2 Å². The molecule has 33 heavy (non-hydrogen) atoms. The monoisotopic (exact) mass is 453 g/mol. The van der Waals surface area contributed by atoms with Crippen molar-refractivity contribution in [2.75, 3.05) is 39.4 Å². The molecular formula is C27H39N3O3. The van der Waals surface area contributed by atoms with Gasteiger partial charge in [0.25, 0.3) is 5.91 Å². The molecule has 180 valence electrons. The summed E-state index contributed by atoms with van der Waals surface area (Å²) in [6, 6.07) is 13.0. The molecule has 4 rings (SSSR count). The predicted molar refractivity (Wildman–Crippen MR) is 130 cm³/mol. The van der Waals surface area contributed by atoms with Crippen LogP contribution in [0.1, 0.15) is 66.0 Å². The number of hydrogen-bond donors (Lipinski definition) is 1. The van der Waals surface area contributed by atoms with E-state index in [0.717, 1.165) is 58.1 Å². The lowest BCUT2D eigenvalue weighted by atomic mass is 9.93. The molecule has 2 aromatic rings. The fraction of sp³-hybridized carbons (Fsp3) is 0.593. The summed E-state index contributed by atoms with van der Waals surface area (Å²) < 4.78 is 11.4. The van der Waals surface area contributed by atoms with E-state index in [4.69, 9.17) is 9.15 Å². The highest BCUT2D eigenvalue weighted by atomic mass is 16.5. The third kappa shape index (κ3) is 7.16. The average Bonchev–Trinajstić information content (AvgIpc) is 3.33. The average molecular weight is 454 g/mol. The maximum absolute atomic E-state index is 12.6. The van der Waals surface area contributed by atoms with Gasteiger partial charge in [-0.1, -0.05) is 43.5 Å². The Bertz CT molecular complexity index is 869. The van der Waals surface area contributed by atoms with Gasteiger partial charge in [-0.3, -0.25) is 14.6 Å². The highest BCUT2D eigenvalue weighted by Crippen LogP contribution is 2.27. The van der Waals surface area contributed by atoms with E-state index in [1.807, 2.05) is 12.1 Å². The second kappa shape index (κ2) is 12.4. The maximum Gasteiger partial charge on any atom is 0.286 e. The molecule has 1 aromatic heterocycles. The molecule has 1 N–H and O–H groups in total. The van der Waals surface area contributed by atoms with Crippen molar-refractivity contribution in [2.45, 2.75) is 64.6 Å². The summed E-state index contributed by atoms with van der Waals surface area (Å²) >= 11 is 0. The number of nitrogens with one attached hydrogen (secondary N) is 1. The summed E-state index contributed by atoms with van der Waals surface area (Å²) in [6.45, 7) is 9.07. The van der Waals surface area contributed by atoms with Gasteiger partial charge < -0.3 is 14.5 Å². The molecule has 1 aliphatic heterocycles. The van der Waals surface area contributed by atoms with Crippen LogP contribution in [-0.2, 0) is 17.8 Å². The molecule has 0 bridgehead atoms. The molecule has 2 aliphatic rings. The van der Waals surface area contributed by atoms with Crippen LogP contribution in [0.5, 0.6) is 0 Å². The Morgan fingerprint density at radius 1 is 1.06 bits per heavy atom. The molecule has 0 radical (unpaired) electrons. The lowest BCUT2D eigenvalue weighted by Crippen LogP contribution is -2.38. The van der Waals surface area contributed by atoms with Crippen LogP contribution in [0.25, 0.3) is 0 Å². The van der Waals surface area contributed by atoms with E-state index in [2.05, 4.69) is 46.3 Å². The van der Waals surface area contributed by atoms with E-state index < -0.39 is 0 Å². The molecule has 0 atom stereocenters. The van der Waals surface area contributed by atoms with E-state index >= 15 is 0 Å². The maximum atomic E-state index is 12.6. The highest BCUT2D eigenvalue weighted by Gasteiger charge is 2.23. The smallest absolute Gasteiger partial charge is 0.286 e. The van der Waals surface area contributed by atoms with Crippen molar-refractivity contribution in [3.8, 4) is 0 Å².